The predicted molar refractivity (Wildman–Crippen MR) is 62.0 cm³/mol. The third kappa shape index (κ3) is 4.32. The molecule has 0 aromatic heterocycles. The third-order valence-electron chi connectivity index (χ3n) is 2.22. The lowest BCUT2D eigenvalue weighted by Gasteiger charge is -2.10. The van der Waals surface area contributed by atoms with Gasteiger partial charge in [0.1, 0.15) is 0 Å². The van der Waals surface area contributed by atoms with E-state index in [9.17, 15) is 0 Å². The Bertz CT molecular complexity index is 276. The van der Waals surface area contributed by atoms with E-state index in [2.05, 4.69) is 11.4 Å². The molecule has 0 fully saturated rings. The van der Waals surface area contributed by atoms with Crippen molar-refractivity contribution < 1.29 is 9.84 Å². The second kappa shape index (κ2) is 7.26. The SMILES string of the molecule is COCc1ccccc1NCCCCO. The molecular weight excluding hydrogens is 190 g/mol. The lowest BCUT2D eigenvalue weighted by Crippen LogP contribution is -2.05. The number of aliphatic hydroxyl groups excluding tert-OH is 1. The van der Waals surface area contributed by atoms with Crippen LogP contribution in [0.5, 0.6) is 0 Å². The van der Waals surface area contributed by atoms with Gasteiger partial charge >= 0.3 is 0 Å². The molecule has 3 heteroatoms. The first-order chi connectivity index (χ1) is 7.38. The smallest absolute Gasteiger partial charge is 0.0733 e. The molecule has 0 amide bonds. The van der Waals surface area contributed by atoms with Crippen LogP contribution >= 0.6 is 0 Å². The summed E-state index contributed by atoms with van der Waals surface area (Å²) in [6.07, 6.45) is 1.83. The minimum absolute atomic E-state index is 0.265. The Labute approximate surface area is 91.1 Å². The standard InChI is InChI=1S/C12H19NO2/c1-15-10-11-6-2-3-7-12(11)13-8-4-5-9-14/h2-3,6-7,13-14H,4-5,8-10H2,1H3. The number of unbranched alkanes of at least 4 members (excludes halogenated alkanes) is 1. The van der Waals surface area contributed by atoms with E-state index in [1.54, 1.807) is 7.11 Å². The minimum Gasteiger partial charge on any atom is -0.396 e. The molecule has 1 aromatic rings. The summed E-state index contributed by atoms with van der Waals surface area (Å²) in [6, 6.07) is 8.12. The molecule has 0 spiro atoms. The molecule has 0 atom stereocenters. The van der Waals surface area contributed by atoms with Crippen molar-refractivity contribution in [1.82, 2.24) is 0 Å². The van der Waals surface area contributed by atoms with Crippen LogP contribution in [0.2, 0.25) is 0 Å². The molecule has 1 aromatic carbocycles. The van der Waals surface area contributed by atoms with Gasteiger partial charge in [0, 0.05) is 31.5 Å². The lowest BCUT2D eigenvalue weighted by atomic mass is 10.2. The molecule has 0 aliphatic rings. The Hall–Kier alpha value is -1.06. The van der Waals surface area contributed by atoms with Crippen LogP contribution in [0.1, 0.15) is 18.4 Å². The summed E-state index contributed by atoms with van der Waals surface area (Å²) in [4.78, 5) is 0. The van der Waals surface area contributed by atoms with Crippen molar-refractivity contribution in [3.05, 3.63) is 29.8 Å². The van der Waals surface area contributed by atoms with Crippen molar-refractivity contribution in [2.45, 2.75) is 19.4 Å². The van der Waals surface area contributed by atoms with Crippen LogP contribution < -0.4 is 5.32 Å². The van der Waals surface area contributed by atoms with Gasteiger partial charge in [0.25, 0.3) is 0 Å². The zero-order valence-corrected chi connectivity index (χ0v) is 9.20. The summed E-state index contributed by atoms with van der Waals surface area (Å²) < 4.78 is 5.12. The van der Waals surface area contributed by atoms with E-state index >= 15 is 0 Å². The van der Waals surface area contributed by atoms with Crippen molar-refractivity contribution in [2.24, 2.45) is 0 Å². The normalized spacial score (nSPS) is 10.3. The topological polar surface area (TPSA) is 41.5 Å². The fourth-order valence-electron chi connectivity index (χ4n) is 1.43. The summed E-state index contributed by atoms with van der Waals surface area (Å²) in [5, 5.41) is 12.0. The molecule has 1 rings (SSSR count). The Morgan fingerprint density at radius 3 is 2.80 bits per heavy atom. The lowest BCUT2D eigenvalue weighted by molar-refractivity contribution is 0.185. The number of hydrogen-bond acceptors (Lipinski definition) is 3. The molecule has 2 N–H and O–H groups in total. The van der Waals surface area contributed by atoms with Crippen LogP contribution in [0.25, 0.3) is 0 Å². The Morgan fingerprint density at radius 1 is 1.27 bits per heavy atom. The number of nitrogens with one attached hydrogen (secondary N) is 1. The number of anilines is 1. The molecule has 0 bridgehead atoms. The van der Waals surface area contributed by atoms with Crippen molar-refractivity contribution in [1.29, 1.82) is 0 Å². The monoisotopic (exact) mass is 209 g/mol. The van der Waals surface area contributed by atoms with Gasteiger partial charge in [-0.15, -0.1) is 0 Å². The average Bonchev–Trinajstić information content (AvgIpc) is 2.27. The highest BCUT2D eigenvalue weighted by atomic mass is 16.5. The number of aliphatic hydroxyl groups is 1. The highest BCUT2D eigenvalue weighted by Gasteiger charge is 1.99. The van der Waals surface area contributed by atoms with Crippen LogP contribution in [-0.4, -0.2) is 25.4 Å². The number of hydrogen-bond donors (Lipinski definition) is 2. The second-order valence-electron chi connectivity index (χ2n) is 3.45. The van der Waals surface area contributed by atoms with Crippen molar-refractivity contribution >= 4 is 5.69 Å². The van der Waals surface area contributed by atoms with Gasteiger partial charge in [0.2, 0.25) is 0 Å². The summed E-state index contributed by atoms with van der Waals surface area (Å²) in [6.45, 7) is 1.78. The van der Waals surface area contributed by atoms with E-state index in [0.29, 0.717) is 6.61 Å². The highest BCUT2D eigenvalue weighted by molar-refractivity contribution is 5.50. The number of ether oxygens (including phenoxy) is 1. The van der Waals surface area contributed by atoms with Crippen LogP contribution in [0.3, 0.4) is 0 Å². The molecular formula is C12H19NO2. The van der Waals surface area contributed by atoms with E-state index in [1.165, 1.54) is 5.56 Å². The van der Waals surface area contributed by atoms with Crippen LogP contribution in [0.15, 0.2) is 24.3 Å². The second-order valence-corrected chi connectivity index (χ2v) is 3.45. The van der Waals surface area contributed by atoms with Crippen LogP contribution in [0, 0.1) is 0 Å². The molecule has 0 saturated heterocycles. The Balaban J connectivity index is 2.44. The number of methoxy groups -OCH3 is 1. The summed E-state index contributed by atoms with van der Waals surface area (Å²) in [5.74, 6) is 0. The van der Waals surface area contributed by atoms with Gasteiger partial charge < -0.3 is 15.2 Å². The van der Waals surface area contributed by atoms with E-state index in [1.807, 2.05) is 18.2 Å². The van der Waals surface area contributed by atoms with Gasteiger partial charge in [0.15, 0.2) is 0 Å². The molecule has 0 saturated carbocycles. The first-order valence-corrected chi connectivity index (χ1v) is 5.30. The molecule has 84 valence electrons. The summed E-state index contributed by atoms with van der Waals surface area (Å²) in [7, 11) is 1.70. The van der Waals surface area contributed by atoms with Crippen LogP contribution in [0.4, 0.5) is 5.69 Å². The molecule has 0 radical (unpaired) electrons. The van der Waals surface area contributed by atoms with Gasteiger partial charge in [-0.3, -0.25) is 0 Å². The zero-order valence-electron chi connectivity index (χ0n) is 9.20. The molecule has 3 nitrogen and oxygen atoms in total. The number of benzene rings is 1. The van der Waals surface area contributed by atoms with E-state index in [4.69, 9.17) is 9.84 Å². The average molecular weight is 209 g/mol. The predicted octanol–water partition coefficient (Wildman–Crippen LogP) is 2.02. The van der Waals surface area contributed by atoms with Gasteiger partial charge in [-0.25, -0.2) is 0 Å². The quantitative estimate of drug-likeness (QED) is 0.675. The molecule has 15 heavy (non-hydrogen) atoms. The molecule has 0 heterocycles. The first kappa shape index (κ1) is 12.0. The van der Waals surface area contributed by atoms with Crippen molar-refractivity contribution in [3.63, 3.8) is 0 Å². The number of rotatable bonds is 7. The van der Waals surface area contributed by atoms with Crippen molar-refractivity contribution in [3.8, 4) is 0 Å². The maximum absolute atomic E-state index is 8.65. The zero-order chi connectivity index (χ0) is 10.9. The van der Waals surface area contributed by atoms with E-state index in [-0.39, 0.29) is 6.61 Å². The van der Waals surface area contributed by atoms with E-state index in [0.717, 1.165) is 25.1 Å². The van der Waals surface area contributed by atoms with Gasteiger partial charge in [-0.1, -0.05) is 18.2 Å². The molecule has 0 aliphatic heterocycles. The number of para-hydroxylation sites is 1. The summed E-state index contributed by atoms with van der Waals surface area (Å²) >= 11 is 0. The largest absolute Gasteiger partial charge is 0.396 e. The van der Waals surface area contributed by atoms with Gasteiger partial charge in [-0.2, -0.15) is 0 Å². The maximum atomic E-state index is 8.65. The summed E-state index contributed by atoms with van der Waals surface area (Å²) in [5.41, 5.74) is 2.29. The fraction of sp³-hybridized carbons (Fsp3) is 0.500. The first-order valence-electron chi connectivity index (χ1n) is 5.30. The van der Waals surface area contributed by atoms with Gasteiger partial charge in [-0.05, 0) is 18.9 Å². The Morgan fingerprint density at radius 2 is 2.07 bits per heavy atom. The van der Waals surface area contributed by atoms with Gasteiger partial charge in [0.05, 0.1) is 6.61 Å². The Kier molecular flexibility index (Phi) is 5.81. The fourth-order valence-corrected chi connectivity index (χ4v) is 1.43. The third-order valence-corrected chi connectivity index (χ3v) is 2.22. The minimum atomic E-state index is 0.265. The molecule has 0 aliphatic carbocycles. The van der Waals surface area contributed by atoms with Crippen LogP contribution in [-0.2, 0) is 11.3 Å². The molecule has 0 unspecified atom stereocenters. The van der Waals surface area contributed by atoms with Crippen molar-refractivity contribution in [2.75, 3.05) is 25.6 Å². The van der Waals surface area contributed by atoms with E-state index < -0.39 is 0 Å². The highest BCUT2D eigenvalue weighted by Crippen LogP contribution is 2.15. The maximum Gasteiger partial charge on any atom is 0.0733 e.